The first-order chi connectivity index (χ1) is 9.58. The summed E-state index contributed by atoms with van der Waals surface area (Å²) in [6.07, 6.45) is 2.78. The Hall–Kier alpha value is -2.05. The van der Waals surface area contributed by atoms with E-state index in [0.717, 1.165) is 11.3 Å². The summed E-state index contributed by atoms with van der Waals surface area (Å²) in [5.41, 5.74) is 1.30. The van der Waals surface area contributed by atoms with Gasteiger partial charge in [-0.2, -0.15) is 12.8 Å². The number of carbonyl (C=O) groups excluding carboxylic acids is 1. The van der Waals surface area contributed by atoms with Crippen LogP contribution in [-0.2, 0) is 10.0 Å². The summed E-state index contributed by atoms with van der Waals surface area (Å²) in [6, 6.07) is 10.0. The third-order valence-electron chi connectivity index (χ3n) is 2.83. The van der Waals surface area contributed by atoms with Crippen LogP contribution in [0.5, 0.6) is 0 Å². The fraction of sp³-hybridized carbons (Fsp3) is 0. The van der Waals surface area contributed by atoms with Crippen LogP contribution in [0.25, 0.3) is 0 Å². The molecule has 0 saturated carbocycles. The molecule has 3 rings (SSSR count). The molecule has 0 atom stereocenters. The van der Waals surface area contributed by atoms with Gasteiger partial charge in [0, 0.05) is 11.1 Å². The van der Waals surface area contributed by atoms with Crippen LogP contribution in [-0.4, -0.2) is 19.9 Å². The van der Waals surface area contributed by atoms with Gasteiger partial charge in [0.05, 0.1) is 5.71 Å². The third kappa shape index (κ3) is 2.23. The minimum atomic E-state index is -3.73. The highest BCUT2D eigenvalue weighted by Crippen LogP contribution is 2.22. The van der Waals surface area contributed by atoms with Gasteiger partial charge in [-0.05, 0) is 23.6 Å². The Kier molecular flexibility index (Phi) is 3.11. The van der Waals surface area contributed by atoms with Gasteiger partial charge in [0.1, 0.15) is 4.21 Å². The molecular formula is C14H9NO3S2. The molecule has 0 aliphatic heterocycles. The van der Waals surface area contributed by atoms with Crippen molar-refractivity contribution in [3.8, 4) is 0 Å². The quantitative estimate of drug-likeness (QED) is 0.857. The molecule has 2 aromatic rings. The van der Waals surface area contributed by atoms with Gasteiger partial charge in [-0.1, -0.05) is 30.3 Å². The smallest absolute Gasteiger partial charge is 0.289 e. The maximum Gasteiger partial charge on any atom is 0.292 e. The number of rotatable bonds is 2. The zero-order chi connectivity index (χ0) is 14.2. The maximum atomic E-state index is 12.2. The fourth-order valence-electron chi connectivity index (χ4n) is 1.92. The number of carbonyl (C=O) groups is 1. The predicted molar refractivity (Wildman–Crippen MR) is 78.0 cm³/mol. The molecule has 0 saturated heterocycles. The van der Waals surface area contributed by atoms with Crippen LogP contribution in [0, 0.1) is 0 Å². The molecule has 0 radical (unpaired) electrons. The van der Waals surface area contributed by atoms with E-state index in [1.54, 1.807) is 35.7 Å². The van der Waals surface area contributed by atoms with E-state index < -0.39 is 10.0 Å². The van der Waals surface area contributed by atoms with Gasteiger partial charge in [-0.15, -0.1) is 11.3 Å². The lowest BCUT2D eigenvalue weighted by Crippen LogP contribution is -2.13. The van der Waals surface area contributed by atoms with Crippen molar-refractivity contribution < 1.29 is 13.2 Å². The molecule has 0 amide bonds. The standard InChI is InChI=1S/C14H9NO3S2/c16-13-8-7-12(10-4-1-2-5-11(10)13)15-20(17,18)14-6-3-9-19-14/h1-9H. The van der Waals surface area contributed by atoms with Gasteiger partial charge >= 0.3 is 0 Å². The highest BCUT2D eigenvalue weighted by molar-refractivity contribution is 7.92. The molecule has 1 aliphatic rings. The van der Waals surface area contributed by atoms with Crippen LogP contribution in [0.2, 0.25) is 0 Å². The SMILES string of the molecule is O=C1C=CC(=NS(=O)(=O)c2cccs2)c2ccccc21. The van der Waals surface area contributed by atoms with Crippen molar-refractivity contribution in [3.63, 3.8) is 0 Å². The lowest BCUT2D eigenvalue weighted by atomic mass is 9.95. The molecule has 1 aromatic carbocycles. The number of fused-ring (bicyclic) bond motifs is 1. The Bertz CT molecular complexity index is 831. The van der Waals surface area contributed by atoms with E-state index in [1.807, 2.05) is 0 Å². The van der Waals surface area contributed by atoms with Crippen molar-refractivity contribution in [2.24, 2.45) is 4.40 Å². The molecule has 20 heavy (non-hydrogen) atoms. The van der Waals surface area contributed by atoms with E-state index in [-0.39, 0.29) is 15.7 Å². The van der Waals surface area contributed by atoms with Crippen molar-refractivity contribution in [1.82, 2.24) is 0 Å². The summed E-state index contributed by atoms with van der Waals surface area (Å²) in [6.45, 7) is 0. The van der Waals surface area contributed by atoms with Crippen LogP contribution in [0.15, 0.2) is 62.5 Å². The minimum Gasteiger partial charge on any atom is -0.289 e. The van der Waals surface area contributed by atoms with E-state index in [4.69, 9.17) is 0 Å². The van der Waals surface area contributed by atoms with E-state index in [1.165, 1.54) is 18.2 Å². The van der Waals surface area contributed by atoms with Crippen LogP contribution < -0.4 is 0 Å². The zero-order valence-corrected chi connectivity index (χ0v) is 11.8. The summed E-state index contributed by atoms with van der Waals surface area (Å²) in [4.78, 5) is 11.7. The monoisotopic (exact) mass is 303 g/mol. The van der Waals surface area contributed by atoms with Crippen LogP contribution >= 0.6 is 11.3 Å². The van der Waals surface area contributed by atoms with Crippen molar-refractivity contribution in [2.75, 3.05) is 0 Å². The highest BCUT2D eigenvalue weighted by Gasteiger charge is 2.20. The van der Waals surface area contributed by atoms with E-state index >= 15 is 0 Å². The Morgan fingerprint density at radius 1 is 0.950 bits per heavy atom. The zero-order valence-electron chi connectivity index (χ0n) is 10.2. The van der Waals surface area contributed by atoms with E-state index in [9.17, 15) is 13.2 Å². The average Bonchev–Trinajstić information content (AvgIpc) is 2.97. The number of allylic oxidation sites excluding steroid dienone is 2. The molecule has 6 heteroatoms. The van der Waals surface area contributed by atoms with Crippen molar-refractivity contribution in [3.05, 3.63) is 65.1 Å². The summed E-state index contributed by atoms with van der Waals surface area (Å²) in [5, 5.41) is 1.68. The van der Waals surface area contributed by atoms with Gasteiger partial charge in [0.2, 0.25) is 0 Å². The molecule has 0 bridgehead atoms. The largest absolute Gasteiger partial charge is 0.292 e. The molecule has 0 spiro atoms. The molecular weight excluding hydrogens is 294 g/mol. The lowest BCUT2D eigenvalue weighted by Gasteiger charge is -2.11. The second-order valence-corrected chi connectivity index (χ2v) is 6.91. The summed E-state index contributed by atoms with van der Waals surface area (Å²) < 4.78 is 28.3. The van der Waals surface area contributed by atoms with Gasteiger partial charge < -0.3 is 0 Å². The summed E-state index contributed by atoms with van der Waals surface area (Å²) in [5.74, 6) is -0.145. The molecule has 0 fully saturated rings. The fourth-order valence-corrected chi connectivity index (χ4v) is 3.89. The average molecular weight is 303 g/mol. The molecule has 0 N–H and O–H groups in total. The minimum absolute atomic E-state index is 0.145. The number of benzene rings is 1. The number of ketones is 1. The molecule has 4 nitrogen and oxygen atoms in total. The Morgan fingerprint density at radius 2 is 1.70 bits per heavy atom. The van der Waals surface area contributed by atoms with Crippen molar-refractivity contribution in [1.29, 1.82) is 0 Å². The molecule has 100 valence electrons. The van der Waals surface area contributed by atoms with Gasteiger partial charge in [-0.25, -0.2) is 0 Å². The Morgan fingerprint density at radius 3 is 2.40 bits per heavy atom. The normalized spacial score (nSPS) is 16.4. The lowest BCUT2D eigenvalue weighted by molar-refractivity contribution is 0.104. The molecule has 1 aliphatic carbocycles. The number of sulfonamides is 1. The number of hydrogen-bond acceptors (Lipinski definition) is 4. The van der Waals surface area contributed by atoms with E-state index in [0.29, 0.717) is 11.1 Å². The number of thiophene rings is 1. The second kappa shape index (κ2) is 4.81. The van der Waals surface area contributed by atoms with Crippen LogP contribution in [0.3, 0.4) is 0 Å². The predicted octanol–water partition coefficient (Wildman–Crippen LogP) is 2.68. The van der Waals surface area contributed by atoms with Gasteiger partial charge in [-0.3, -0.25) is 4.79 Å². The highest BCUT2D eigenvalue weighted by atomic mass is 32.2. The Labute approximate surface area is 120 Å². The Balaban J connectivity index is 2.14. The first kappa shape index (κ1) is 13.0. The van der Waals surface area contributed by atoms with Gasteiger partial charge in [0.25, 0.3) is 10.0 Å². The molecule has 1 aromatic heterocycles. The summed E-state index contributed by atoms with van der Waals surface area (Å²) in [7, 11) is -3.73. The second-order valence-electron chi connectivity index (χ2n) is 4.13. The molecule has 1 heterocycles. The maximum absolute atomic E-state index is 12.2. The summed E-state index contributed by atoms with van der Waals surface area (Å²) >= 11 is 1.11. The van der Waals surface area contributed by atoms with Gasteiger partial charge in [0.15, 0.2) is 5.78 Å². The number of nitrogens with zero attached hydrogens (tertiary/aromatic N) is 1. The van der Waals surface area contributed by atoms with Crippen molar-refractivity contribution in [2.45, 2.75) is 4.21 Å². The van der Waals surface area contributed by atoms with Crippen molar-refractivity contribution >= 4 is 32.9 Å². The third-order valence-corrected chi connectivity index (χ3v) is 5.49. The first-order valence-electron chi connectivity index (χ1n) is 5.78. The van der Waals surface area contributed by atoms with E-state index in [2.05, 4.69) is 4.40 Å². The topological polar surface area (TPSA) is 63.6 Å². The first-order valence-corrected chi connectivity index (χ1v) is 8.10. The van der Waals surface area contributed by atoms with Crippen LogP contribution in [0.4, 0.5) is 0 Å². The number of hydrogen-bond donors (Lipinski definition) is 0. The molecule has 0 unspecified atom stereocenters. The van der Waals surface area contributed by atoms with Crippen LogP contribution in [0.1, 0.15) is 15.9 Å².